The number of anilines is 1. The van der Waals surface area contributed by atoms with Gasteiger partial charge in [0, 0.05) is 44.6 Å². The molecule has 0 saturated carbocycles. The van der Waals surface area contributed by atoms with E-state index in [4.69, 9.17) is 4.42 Å². The number of pyridine rings is 1. The molecule has 0 saturated heterocycles. The lowest BCUT2D eigenvalue weighted by Gasteiger charge is -2.10. The molecular weight excluding hydrogens is 316 g/mol. The molecule has 0 aromatic carbocycles. The zero-order valence-corrected chi connectivity index (χ0v) is 13.6. The molecule has 4 aromatic rings. The van der Waals surface area contributed by atoms with Crippen molar-refractivity contribution in [3.63, 3.8) is 0 Å². The number of hydrogen-bond donors (Lipinski definition) is 1. The highest BCUT2D eigenvalue weighted by Crippen LogP contribution is 2.29. The first-order valence-electron chi connectivity index (χ1n) is 7.82. The van der Waals surface area contributed by atoms with Crippen LogP contribution in [0.1, 0.15) is 5.56 Å². The van der Waals surface area contributed by atoms with Gasteiger partial charge >= 0.3 is 0 Å². The Morgan fingerprint density at radius 3 is 2.80 bits per heavy atom. The second kappa shape index (κ2) is 6.56. The minimum absolute atomic E-state index is 0.521. The average Bonchev–Trinajstić information content (AvgIpc) is 3.32. The van der Waals surface area contributed by atoms with Gasteiger partial charge in [0.15, 0.2) is 5.76 Å². The van der Waals surface area contributed by atoms with Crippen molar-refractivity contribution in [1.82, 2.24) is 24.5 Å². The van der Waals surface area contributed by atoms with Crippen molar-refractivity contribution in [1.29, 1.82) is 0 Å². The van der Waals surface area contributed by atoms with E-state index in [9.17, 15) is 0 Å². The zero-order chi connectivity index (χ0) is 17.1. The van der Waals surface area contributed by atoms with E-state index in [1.54, 1.807) is 24.9 Å². The summed E-state index contributed by atoms with van der Waals surface area (Å²) in [6, 6.07) is 7.61. The fraction of sp³-hybridized carbons (Fsp3) is 0.111. The zero-order valence-electron chi connectivity index (χ0n) is 13.6. The number of rotatable bonds is 5. The van der Waals surface area contributed by atoms with Gasteiger partial charge in [-0.2, -0.15) is 0 Å². The number of hydrogen-bond acceptors (Lipinski definition) is 6. The van der Waals surface area contributed by atoms with Crippen molar-refractivity contribution in [3.05, 3.63) is 67.1 Å². The Bertz CT molecular complexity index is 962. The van der Waals surface area contributed by atoms with E-state index in [0.717, 1.165) is 17.0 Å². The largest absolute Gasteiger partial charge is 0.463 e. The van der Waals surface area contributed by atoms with Crippen molar-refractivity contribution in [3.8, 4) is 22.8 Å². The molecule has 0 amide bonds. The summed E-state index contributed by atoms with van der Waals surface area (Å²) < 4.78 is 7.48. The monoisotopic (exact) mass is 332 g/mol. The van der Waals surface area contributed by atoms with Crippen LogP contribution in [0.15, 0.2) is 65.9 Å². The molecule has 124 valence electrons. The van der Waals surface area contributed by atoms with Crippen molar-refractivity contribution < 1.29 is 4.42 Å². The second-order valence-corrected chi connectivity index (χ2v) is 5.51. The van der Waals surface area contributed by atoms with Crippen LogP contribution < -0.4 is 5.32 Å². The van der Waals surface area contributed by atoms with Crippen LogP contribution in [-0.4, -0.2) is 24.5 Å². The van der Waals surface area contributed by atoms with Crippen LogP contribution in [0.2, 0.25) is 0 Å². The molecule has 7 nitrogen and oxygen atoms in total. The standard InChI is InChI=1S/C18H16N6O/c1-24-8-7-20-17(24)14-12-22-18(21-11-13-4-2-6-19-10-13)23-16(14)15-5-3-9-25-15/h2-10,12H,11H2,1H3,(H,21,22,23). The van der Waals surface area contributed by atoms with E-state index < -0.39 is 0 Å². The Morgan fingerprint density at radius 1 is 1.12 bits per heavy atom. The number of aromatic nitrogens is 5. The molecular formula is C18H16N6O. The van der Waals surface area contributed by atoms with Gasteiger partial charge in [0.1, 0.15) is 11.5 Å². The number of aryl methyl sites for hydroxylation is 1. The van der Waals surface area contributed by atoms with Gasteiger partial charge < -0.3 is 14.3 Å². The molecule has 0 spiro atoms. The fourth-order valence-electron chi connectivity index (χ4n) is 2.54. The highest BCUT2D eigenvalue weighted by molar-refractivity contribution is 5.75. The Kier molecular flexibility index (Phi) is 3.96. The van der Waals surface area contributed by atoms with Gasteiger partial charge in [-0.3, -0.25) is 4.98 Å². The predicted molar refractivity (Wildman–Crippen MR) is 93.5 cm³/mol. The average molecular weight is 332 g/mol. The molecule has 0 radical (unpaired) electrons. The molecule has 0 bridgehead atoms. The number of imidazole rings is 1. The van der Waals surface area contributed by atoms with Gasteiger partial charge in [-0.15, -0.1) is 0 Å². The van der Waals surface area contributed by atoms with Crippen molar-refractivity contribution in [2.75, 3.05) is 5.32 Å². The summed E-state index contributed by atoms with van der Waals surface area (Å²) >= 11 is 0. The Balaban J connectivity index is 1.69. The molecule has 0 atom stereocenters. The van der Waals surface area contributed by atoms with Crippen LogP contribution in [0.3, 0.4) is 0 Å². The van der Waals surface area contributed by atoms with Gasteiger partial charge in [0.2, 0.25) is 5.95 Å². The van der Waals surface area contributed by atoms with Crippen LogP contribution in [-0.2, 0) is 13.6 Å². The third kappa shape index (κ3) is 3.12. The van der Waals surface area contributed by atoms with Crippen molar-refractivity contribution >= 4 is 5.95 Å². The smallest absolute Gasteiger partial charge is 0.223 e. The molecule has 4 rings (SSSR count). The van der Waals surface area contributed by atoms with Gasteiger partial charge in [-0.1, -0.05) is 6.07 Å². The summed E-state index contributed by atoms with van der Waals surface area (Å²) in [7, 11) is 1.93. The second-order valence-electron chi connectivity index (χ2n) is 5.51. The molecule has 7 heteroatoms. The lowest BCUT2D eigenvalue weighted by atomic mass is 10.2. The van der Waals surface area contributed by atoms with Gasteiger partial charge in [-0.25, -0.2) is 15.0 Å². The normalized spacial score (nSPS) is 10.8. The Hall–Kier alpha value is -3.48. The summed E-state index contributed by atoms with van der Waals surface area (Å²) in [5.74, 6) is 1.98. The molecule has 0 fully saturated rings. The van der Waals surface area contributed by atoms with Crippen LogP contribution in [0, 0.1) is 0 Å². The summed E-state index contributed by atoms with van der Waals surface area (Å²) in [6.07, 6.45) is 10.6. The molecule has 4 aromatic heterocycles. The molecule has 1 N–H and O–H groups in total. The van der Waals surface area contributed by atoms with Gasteiger partial charge in [0.25, 0.3) is 0 Å². The Labute approximate surface area is 144 Å². The first-order valence-corrected chi connectivity index (χ1v) is 7.82. The number of nitrogens with zero attached hydrogens (tertiary/aromatic N) is 5. The molecule has 0 aliphatic carbocycles. The van der Waals surface area contributed by atoms with E-state index in [2.05, 4.69) is 25.3 Å². The quantitative estimate of drug-likeness (QED) is 0.604. The maximum absolute atomic E-state index is 5.55. The van der Waals surface area contributed by atoms with Crippen LogP contribution in [0.4, 0.5) is 5.95 Å². The van der Waals surface area contributed by atoms with E-state index >= 15 is 0 Å². The highest BCUT2D eigenvalue weighted by atomic mass is 16.3. The van der Waals surface area contributed by atoms with Crippen LogP contribution >= 0.6 is 0 Å². The lowest BCUT2D eigenvalue weighted by molar-refractivity contribution is 0.580. The van der Waals surface area contributed by atoms with E-state index in [1.165, 1.54) is 0 Å². The molecule has 4 heterocycles. The number of nitrogens with one attached hydrogen (secondary N) is 1. The van der Waals surface area contributed by atoms with Crippen molar-refractivity contribution in [2.24, 2.45) is 7.05 Å². The highest BCUT2D eigenvalue weighted by Gasteiger charge is 2.16. The predicted octanol–water partition coefficient (Wildman–Crippen LogP) is 3.14. The molecule has 0 aliphatic heterocycles. The lowest BCUT2D eigenvalue weighted by Crippen LogP contribution is -2.06. The SMILES string of the molecule is Cn1ccnc1-c1cnc(NCc2cccnc2)nc1-c1ccco1. The molecule has 0 unspecified atom stereocenters. The molecule has 0 aliphatic rings. The van der Waals surface area contributed by atoms with Gasteiger partial charge in [0.05, 0.1) is 11.8 Å². The summed E-state index contributed by atoms with van der Waals surface area (Å²) in [5.41, 5.74) is 2.57. The van der Waals surface area contributed by atoms with Crippen LogP contribution in [0.5, 0.6) is 0 Å². The van der Waals surface area contributed by atoms with E-state index in [-0.39, 0.29) is 0 Å². The third-order valence-electron chi connectivity index (χ3n) is 3.78. The first kappa shape index (κ1) is 15.1. The summed E-state index contributed by atoms with van der Waals surface area (Å²) in [4.78, 5) is 17.6. The van der Waals surface area contributed by atoms with Gasteiger partial charge in [-0.05, 0) is 23.8 Å². The van der Waals surface area contributed by atoms with E-state index in [0.29, 0.717) is 23.9 Å². The summed E-state index contributed by atoms with van der Waals surface area (Å²) in [5, 5.41) is 3.22. The summed E-state index contributed by atoms with van der Waals surface area (Å²) in [6.45, 7) is 0.590. The Morgan fingerprint density at radius 2 is 2.08 bits per heavy atom. The minimum Gasteiger partial charge on any atom is -0.463 e. The van der Waals surface area contributed by atoms with Crippen molar-refractivity contribution in [2.45, 2.75) is 6.54 Å². The molecule has 25 heavy (non-hydrogen) atoms. The minimum atomic E-state index is 0.521. The number of furan rings is 1. The van der Waals surface area contributed by atoms with Crippen LogP contribution in [0.25, 0.3) is 22.8 Å². The fourth-order valence-corrected chi connectivity index (χ4v) is 2.54. The maximum atomic E-state index is 5.55. The van der Waals surface area contributed by atoms with E-state index in [1.807, 2.05) is 48.3 Å². The first-order chi connectivity index (χ1) is 12.3. The topological polar surface area (TPSA) is 81.7 Å². The maximum Gasteiger partial charge on any atom is 0.223 e. The third-order valence-corrected chi connectivity index (χ3v) is 3.78.